The Morgan fingerprint density at radius 3 is 2.37 bits per heavy atom. The monoisotopic (exact) mass is 366 g/mol. The number of hydrogen-bond acceptors (Lipinski definition) is 4. The number of fused-ring (bicyclic) bond motifs is 1. The summed E-state index contributed by atoms with van der Waals surface area (Å²) in [7, 11) is 0. The van der Waals surface area contributed by atoms with Crippen molar-refractivity contribution in [2.45, 2.75) is 26.9 Å². The van der Waals surface area contributed by atoms with Gasteiger partial charge in [0.25, 0.3) is 5.56 Å². The molecule has 1 aromatic carbocycles. The van der Waals surface area contributed by atoms with E-state index < -0.39 is 11.2 Å². The maximum atomic E-state index is 13.1. The molecular weight excluding hydrogens is 344 g/mol. The molecule has 2 aromatic heterocycles. The van der Waals surface area contributed by atoms with Crippen molar-refractivity contribution < 1.29 is 4.79 Å². The van der Waals surface area contributed by atoms with Crippen LogP contribution in [-0.2, 0) is 17.9 Å². The summed E-state index contributed by atoms with van der Waals surface area (Å²) < 4.78 is 2.48. The molecule has 0 aliphatic carbocycles. The maximum absolute atomic E-state index is 13.1. The van der Waals surface area contributed by atoms with E-state index in [9.17, 15) is 14.4 Å². The van der Waals surface area contributed by atoms with Gasteiger partial charge in [-0.15, -0.1) is 0 Å². The van der Waals surface area contributed by atoms with Crippen LogP contribution in [0.25, 0.3) is 11.0 Å². The number of rotatable bonds is 6. The molecule has 2 heterocycles. The van der Waals surface area contributed by atoms with E-state index in [-0.39, 0.29) is 24.5 Å². The van der Waals surface area contributed by atoms with Crippen molar-refractivity contribution in [1.29, 1.82) is 0 Å². The Balaban J connectivity index is 2.16. The third-order valence-electron chi connectivity index (χ3n) is 4.58. The Morgan fingerprint density at radius 1 is 1.00 bits per heavy atom. The molecule has 7 heteroatoms. The van der Waals surface area contributed by atoms with E-state index in [2.05, 4.69) is 4.98 Å². The molecule has 0 saturated carbocycles. The Bertz CT molecular complexity index is 1070. The minimum Gasteiger partial charge on any atom is -0.342 e. The second-order valence-corrected chi connectivity index (χ2v) is 6.18. The first-order valence-corrected chi connectivity index (χ1v) is 8.96. The molecule has 3 aromatic rings. The van der Waals surface area contributed by atoms with Gasteiger partial charge in [0, 0.05) is 19.3 Å². The van der Waals surface area contributed by atoms with Crippen molar-refractivity contribution >= 4 is 16.9 Å². The highest BCUT2D eigenvalue weighted by Gasteiger charge is 2.18. The SMILES string of the molecule is CCN(CC)C(=O)Cn1c(=O)n(Cc2ccccc2)c(=O)c2ncccc21. The second-order valence-electron chi connectivity index (χ2n) is 6.18. The van der Waals surface area contributed by atoms with Crippen LogP contribution in [0.3, 0.4) is 0 Å². The highest BCUT2D eigenvalue weighted by molar-refractivity contribution is 5.79. The van der Waals surface area contributed by atoms with Crippen LogP contribution in [0.15, 0.2) is 58.3 Å². The van der Waals surface area contributed by atoms with Crippen LogP contribution in [0, 0.1) is 0 Å². The summed E-state index contributed by atoms with van der Waals surface area (Å²) in [6.07, 6.45) is 1.51. The number of pyridine rings is 1. The smallest absolute Gasteiger partial charge is 0.332 e. The molecule has 0 N–H and O–H groups in total. The molecule has 3 rings (SSSR count). The number of nitrogens with zero attached hydrogens (tertiary/aromatic N) is 4. The lowest BCUT2D eigenvalue weighted by molar-refractivity contribution is -0.131. The van der Waals surface area contributed by atoms with Crippen LogP contribution in [0.5, 0.6) is 0 Å². The average molecular weight is 366 g/mol. The van der Waals surface area contributed by atoms with E-state index in [1.807, 2.05) is 44.2 Å². The second kappa shape index (κ2) is 7.99. The lowest BCUT2D eigenvalue weighted by atomic mass is 10.2. The maximum Gasteiger partial charge on any atom is 0.332 e. The van der Waals surface area contributed by atoms with Gasteiger partial charge in [-0.3, -0.25) is 18.7 Å². The van der Waals surface area contributed by atoms with Gasteiger partial charge in [0.1, 0.15) is 6.54 Å². The molecule has 0 fully saturated rings. The van der Waals surface area contributed by atoms with Crippen molar-refractivity contribution in [3.8, 4) is 0 Å². The van der Waals surface area contributed by atoms with Gasteiger partial charge < -0.3 is 4.90 Å². The quantitative estimate of drug-likeness (QED) is 0.662. The van der Waals surface area contributed by atoms with Gasteiger partial charge in [-0.25, -0.2) is 9.78 Å². The Hall–Kier alpha value is -3.22. The lowest BCUT2D eigenvalue weighted by Gasteiger charge is -2.20. The Labute approximate surface area is 156 Å². The van der Waals surface area contributed by atoms with E-state index in [1.165, 1.54) is 10.8 Å². The fourth-order valence-corrected chi connectivity index (χ4v) is 3.11. The molecule has 0 saturated heterocycles. The summed E-state index contributed by atoms with van der Waals surface area (Å²) in [6, 6.07) is 12.6. The van der Waals surface area contributed by atoms with Crippen LogP contribution in [-0.4, -0.2) is 38.0 Å². The molecule has 0 spiro atoms. The van der Waals surface area contributed by atoms with Crippen LogP contribution in [0.2, 0.25) is 0 Å². The van der Waals surface area contributed by atoms with Crippen molar-refractivity contribution in [2.75, 3.05) is 13.1 Å². The van der Waals surface area contributed by atoms with Crippen molar-refractivity contribution in [2.24, 2.45) is 0 Å². The summed E-state index contributed by atoms with van der Waals surface area (Å²) in [4.78, 5) is 44.3. The molecule has 27 heavy (non-hydrogen) atoms. The summed E-state index contributed by atoms with van der Waals surface area (Å²) in [5.41, 5.74) is 0.419. The number of benzene rings is 1. The van der Waals surface area contributed by atoms with E-state index in [0.29, 0.717) is 18.6 Å². The fourth-order valence-electron chi connectivity index (χ4n) is 3.11. The number of aromatic nitrogens is 3. The van der Waals surface area contributed by atoms with E-state index in [4.69, 9.17) is 0 Å². The van der Waals surface area contributed by atoms with Crippen LogP contribution < -0.4 is 11.2 Å². The van der Waals surface area contributed by atoms with Gasteiger partial charge in [0.15, 0.2) is 5.52 Å². The molecule has 0 bridgehead atoms. The molecule has 7 nitrogen and oxygen atoms in total. The van der Waals surface area contributed by atoms with Crippen LogP contribution in [0.4, 0.5) is 0 Å². The first-order chi connectivity index (χ1) is 13.1. The predicted octanol–water partition coefficient (Wildman–Crippen LogP) is 1.47. The zero-order chi connectivity index (χ0) is 19.4. The molecule has 1 amide bonds. The largest absolute Gasteiger partial charge is 0.342 e. The highest BCUT2D eigenvalue weighted by atomic mass is 16.2. The Morgan fingerprint density at radius 2 is 1.70 bits per heavy atom. The predicted molar refractivity (Wildman–Crippen MR) is 104 cm³/mol. The van der Waals surface area contributed by atoms with Gasteiger partial charge in [-0.1, -0.05) is 30.3 Å². The zero-order valence-electron chi connectivity index (χ0n) is 15.5. The molecule has 0 atom stereocenters. The third kappa shape index (κ3) is 3.67. The summed E-state index contributed by atoms with van der Waals surface area (Å²) in [5.74, 6) is -0.169. The van der Waals surface area contributed by atoms with Crippen molar-refractivity contribution in [1.82, 2.24) is 19.0 Å². The average Bonchev–Trinajstić information content (AvgIpc) is 2.70. The zero-order valence-corrected chi connectivity index (χ0v) is 15.5. The lowest BCUT2D eigenvalue weighted by Crippen LogP contribution is -2.43. The van der Waals surface area contributed by atoms with Gasteiger partial charge in [-0.05, 0) is 31.5 Å². The molecule has 0 aliphatic rings. The number of likely N-dealkylation sites (N-methyl/N-ethyl adjacent to an activating group) is 1. The molecule has 0 radical (unpaired) electrons. The number of carbonyl (C=O) groups is 1. The van der Waals surface area contributed by atoms with Gasteiger partial charge in [-0.2, -0.15) is 0 Å². The van der Waals surface area contributed by atoms with E-state index in [1.54, 1.807) is 17.0 Å². The van der Waals surface area contributed by atoms with Crippen molar-refractivity contribution in [3.63, 3.8) is 0 Å². The topological polar surface area (TPSA) is 77.2 Å². The standard InChI is InChI=1S/C20H22N4O3/c1-3-22(4-2)17(25)14-23-16-11-8-12-21-18(16)19(26)24(20(23)27)13-15-9-6-5-7-10-15/h5-12H,3-4,13-14H2,1-2H3. The highest BCUT2D eigenvalue weighted by Crippen LogP contribution is 2.07. The summed E-state index contributed by atoms with van der Waals surface area (Å²) in [6.45, 7) is 4.90. The summed E-state index contributed by atoms with van der Waals surface area (Å²) >= 11 is 0. The van der Waals surface area contributed by atoms with E-state index >= 15 is 0 Å². The molecule has 0 unspecified atom stereocenters. The number of carbonyl (C=O) groups excluding carboxylic acids is 1. The van der Waals surface area contributed by atoms with Crippen LogP contribution in [0.1, 0.15) is 19.4 Å². The normalized spacial score (nSPS) is 10.9. The van der Waals surface area contributed by atoms with Crippen molar-refractivity contribution in [3.05, 3.63) is 75.1 Å². The van der Waals surface area contributed by atoms with Gasteiger partial charge in [0.2, 0.25) is 5.91 Å². The number of hydrogen-bond donors (Lipinski definition) is 0. The van der Waals surface area contributed by atoms with Crippen LogP contribution >= 0.6 is 0 Å². The molecule has 140 valence electrons. The number of amides is 1. The Kier molecular flexibility index (Phi) is 5.49. The van der Waals surface area contributed by atoms with E-state index in [0.717, 1.165) is 10.1 Å². The van der Waals surface area contributed by atoms with Gasteiger partial charge >= 0.3 is 5.69 Å². The fraction of sp³-hybridized carbons (Fsp3) is 0.300. The summed E-state index contributed by atoms with van der Waals surface area (Å²) in [5, 5.41) is 0. The minimum absolute atomic E-state index is 0.127. The molecular formula is C20H22N4O3. The first-order valence-electron chi connectivity index (χ1n) is 8.96. The van der Waals surface area contributed by atoms with Gasteiger partial charge in [0.05, 0.1) is 12.1 Å². The first kappa shape index (κ1) is 18.6. The minimum atomic E-state index is -0.509. The molecule has 0 aliphatic heterocycles. The third-order valence-corrected chi connectivity index (χ3v) is 4.58.